The van der Waals surface area contributed by atoms with Gasteiger partial charge in [-0.1, -0.05) is 0 Å². The molecule has 0 fully saturated rings. The van der Waals surface area contributed by atoms with E-state index in [9.17, 15) is 14.7 Å². The third kappa shape index (κ3) is 6.68. The van der Waals surface area contributed by atoms with Gasteiger partial charge in [0.2, 0.25) is 0 Å². The summed E-state index contributed by atoms with van der Waals surface area (Å²) in [5.41, 5.74) is 0.345. The van der Waals surface area contributed by atoms with Crippen molar-refractivity contribution in [1.82, 2.24) is 15.0 Å². The van der Waals surface area contributed by atoms with Gasteiger partial charge in [0, 0.05) is 27.4 Å². The van der Waals surface area contributed by atoms with Gasteiger partial charge < -0.3 is 14.3 Å². The number of aromatic nitrogens is 3. The summed E-state index contributed by atoms with van der Waals surface area (Å²) in [7, 11) is 0. The maximum Gasteiger partial charge on any atom is 0.418 e. The maximum absolute atomic E-state index is 11.4. The molecule has 3 rings (SSSR count). The van der Waals surface area contributed by atoms with Crippen LogP contribution in [0.2, 0.25) is 0 Å². The van der Waals surface area contributed by atoms with Crippen molar-refractivity contribution in [2.24, 2.45) is 0 Å². The Balaban J connectivity index is 0.000000206. The number of hydrogen-bond donors (Lipinski definition) is 3. The lowest BCUT2D eigenvalue weighted by molar-refractivity contribution is 0.0634. The zero-order valence-corrected chi connectivity index (χ0v) is 17.7. The molecule has 3 aromatic heterocycles. The van der Waals surface area contributed by atoms with E-state index in [4.69, 9.17) is 9.15 Å². The second kappa shape index (κ2) is 8.53. The molecule has 0 aliphatic rings. The highest BCUT2D eigenvalue weighted by Crippen LogP contribution is 2.24. The quantitative estimate of drug-likeness (QED) is 0.454. The molecule has 3 heterocycles. The van der Waals surface area contributed by atoms with Gasteiger partial charge in [-0.3, -0.25) is 10.3 Å². The van der Waals surface area contributed by atoms with Crippen LogP contribution in [0, 0.1) is 0 Å². The lowest BCUT2D eigenvalue weighted by Gasteiger charge is -2.19. The van der Waals surface area contributed by atoms with E-state index in [1.807, 2.05) is 0 Å². The SMILES string of the molecule is CC(C)(C)OC(=O)Nc1ncc(Br)cc1O.O=c1[nH]c2ncc(Br)cc2o1. The molecule has 3 N–H and O–H groups in total. The minimum absolute atomic E-state index is 0.0671. The lowest BCUT2D eigenvalue weighted by Crippen LogP contribution is -2.27. The number of fused-ring (bicyclic) bond motifs is 1. The number of nitrogens with one attached hydrogen (secondary N) is 2. The standard InChI is InChI=1S/C10H13BrN2O3.C6H3BrN2O2/c1-10(2,3)16-9(15)13-8-7(14)4-6(11)5-12-8;7-3-1-4-5(8-2-3)9-6(10)11-4/h4-5,14H,1-3H3,(H,12,13,15);1-2H,(H,8,9,10). The van der Waals surface area contributed by atoms with Gasteiger partial charge in [0.25, 0.3) is 0 Å². The van der Waals surface area contributed by atoms with Crippen molar-refractivity contribution in [2.45, 2.75) is 26.4 Å². The van der Waals surface area contributed by atoms with E-state index in [0.717, 1.165) is 4.47 Å². The van der Waals surface area contributed by atoms with E-state index in [2.05, 4.69) is 52.1 Å². The third-order valence-corrected chi connectivity index (χ3v) is 3.56. The first-order valence-electron chi connectivity index (χ1n) is 7.52. The molecule has 0 bridgehead atoms. The minimum Gasteiger partial charge on any atom is -0.504 e. The number of aromatic amines is 1. The van der Waals surface area contributed by atoms with Crippen LogP contribution < -0.4 is 11.1 Å². The Hall–Kier alpha value is -2.40. The Morgan fingerprint density at radius 3 is 2.48 bits per heavy atom. The Morgan fingerprint density at radius 2 is 1.85 bits per heavy atom. The number of H-pyrrole nitrogens is 1. The maximum atomic E-state index is 11.4. The fraction of sp³-hybridized carbons (Fsp3) is 0.250. The first kappa shape index (κ1) is 20.9. The summed E-state index contributed by atoms with van der Waals surface area (Å²) >= 11 is 6.35. The lowest BCUT2D eigenvalue weighted by atomic mass is 10.2. The fourth-order valence-corrected chi connectivity index (χ4v) is 2.37. The molecule has 0 saturated heterocycles. The van der Waals surface area contributed by atoms with Crippen LogP contribution in [0.1, 0.15) is 20.8 Å². The number of amides is 1. The number of halogens is 2. The van der Waals surface area contributed by atoms with E-state index < -0.39 is 17.5 Å². The summed E-state index contributed by atoms with van der Waals surface area (Å²) in [5.74, 6) is -0.539. The molecule has 0 atom stereocenters. The highest BCUT2D eigenvalue weighted by molar-refractivity contribution is 9.10. The zero-order chi connectivity index (χ0) is 20.2. The molecule has 11 heteroatoms. The summed E-state index contributed by atoms with van der Waals surface area (Å²) in [6.45, 7) is 5.25. The van der Waals surface area contributed by atoms with E-state index in [-0.39, 0.29) is 11.6 Å². The first-order valence-corrected chi connectivity index (χ1v) is 9.11. The molecule has 0 radical (unpaired) electrons. The van der Waals surface area contributed by atoms with Crippen LogP contribution >= 0.6 is 31.9 Å². The number of hydrogen-bond acceptors (Lipinski definition) is 7. The van der Waals surface area contributed by atoms with Gasteiger partial charge in [-0.2, -0.15) is 0 Å². The van der Waals surface area contributed by atoms with Crippen molar-refractivity contribution in [3.63, 3.8) is 0 Å². The van der Waals surface area contributed by atoms with Gasteiger partial charge in [-0.25, -0.2) is 19.6 Å². The van der Waals surface area contributed by atoms with E-state index in [0.29, 0.717) is 15.7 Å². The van der Waals surface area contributed by atoms with E-state index in [1.165, 1.54) is 12.3 Å². The molecular formula is C16H16Br2N4O5. The predicted molar refractivity (Wildman–Crippen MR) is 106 cm³/mol. The Labute approximate surface area is 170 Å². The molecule has 3 aromatic rings. The van der Waals surface area contributed by atoms with Crippen LogP contribution in [0.5, 0.6) is 5.75 Å². The molecule has 0 unspecified atom stereocenters. The summed E-state index contributed by atoms with van der Waals surface area (Å²) < 4.78 is 11.2. The van der Waals surface area contributed by atoms with Crippen LogP contribution in [0.25, 0.3) is 11.2 Å². The van der Waals surface area contributed by atoms with Crippen LogP contribution in [0.4, 0.5) is 10.6 Å². The number of nitrogens with zero attached hydrogens (tertiary/aromatic N) is 2. The molecule has 9 nitrogen and oxygen atoms in total. The van der Waals surface area contributed by atoms with Gasteiger partial charge in [0.1, 0.15) is 5.60 Å². The molecule has 0 aliphatic heterocycles. The van der Waals surface area contributed by atoms with Gasteiger partial charge in [-0.15, -0.1) is 0 Å². The molecule has 0 saturated carbocycles. The van der Waals surface area contributed by atoms with Crippen LogP contribution in [0.15, 0.2) is 42.7 Å². The number of oxazole rings is 1. The summed E-state index contributed by atoms with van der Waals surface area (Å²) in [6.07, 6.45) is 2.40. The van der Waals surface area contributed by atoms with Crippen molar-refractivity contribution in [1.29, 1.82) is 0 Å². The monoisotopic (exact) mass is 502 g/mol. The third-order valence-electron chi connectivity index (χ3n) is 2.70. The summed E-state index contributed by atoms with van der Waals surface area (Å²) in [5, 5.41) is 11.8. The van der Waals surface area contributed by atoms with Gasteiger partial charge in [0.15, 0.2) is 22.8 Å². The highest BCUT2D eigenvalue weighted by Gasteiger charge is 2.17. The van der Waals surface area contributed by atoms with Crippen molar-refractivity contribution in [3.05, 3.63) is 44.0 Å². The summed E-state index contributed by atoms with van der Waals surface area (Å²) in [4.78, 5) is 32.2. The van der Waals surface area contributed by atoms with E-state index >= 15 is 0 Å². The van der Waals surface area contributed by atoms with Crippen molar-refractivity contribution >= 4 is 55.0 Å². The highest BCUT2D eigenvalue weighted by atomic mass is 79.9. The Bertz CT molecular complexity index is 1010. The molecule has 0 aliphatic carbocycles. The molecular weight excluding hydrogens is 488 g/mol. The number of pyridine rings is 2. The van der Waals surface area contributed by atoms with Gasteiger partial charge in [-0.05, 0) is 58.7 Å². The van der Waals surface area contributed by atoms with Gasteiger partial charge in [0.05, 0.1) is 0 Å². The number of carbonyl (C=O) groups is 1. The van der Waals surface area contributed by atoms with Gasteiger partial charge >= 0.3 is 11.8 Å². The van der Waals surface area contributed by atoms with Crippen LogP contribution in [-0.2, 0) is 4.74 Å². The normalized spacial score (nSPS) is 10.9. The molecule has 0 aromatic carbocycles. The smallest absolute Gasteiger partial charge is 0.418 e. The number of carbonyl (C=O) groups excluding carboxylic acids is 1. The molecule has 27 heavy (non-hydrogen) atoms. The first-order chi connectivity index (χ1) is 12.5. The molecule has 0 spiro atoms. The molecule has 144 valence electrons. The topological polar surface area (TPSA) is 130 Å². The summed E-state index contributed by atoms with van der Waals surface area (Å²) in [6, 6.07) is 3.11. The number of rotatable bonds is 1. The number of ether oxygens (including phenoxy) is 1. The largest absolute Gasteiger partial charge is 0.504 e. The second-order valence-corrected chi connectivity index (χ2v) is 7.99. The van der Waals surface area contributed by atoms with Crippen LogP contribution in [0.3, 0.4) is 0 Å². The average molecular weight is 504 g/mol. The number of aromatic hydroxyl groups is 1. The van der Waals surface area contributed by atoms with Crippen molar-refractivity contribution in [2.75, 3.05) is 5.32 Å². The Morgan fingerprint density at radius 1 is 1.22 bits per heavy atom. The van der Waals surface area contributed by atoms with Crippen molar-refractivity contribution < 1.29 is 19.1 Å². The molecule has 1 amide bonds. The second-order valence-electron chi connectivity index (χ2n) is 6.16. The predicted octanol–water partition coefficient (Wildman–Crippen LogP) is 4.18. The number of anilines is 1. The average Bonchev–Trinajstić information content (AvgIpc) is 2.88. The Kier molecular flexibility index (Phi) is 6.60. The van der Waals surface area contributed by atoms with Crippen molar-refractivity contribution in [3.8, 4) is 5.75 Å². The van der Waals surface area contributed by atoms with E-state index in [1.54, 1.807) is 33.0 Å². The van der Waals surface area contributed by atoms with Crippen LogP contribution in [-0.4, -0.2) is 31.8 Å². The minimum atomic E-state index is -0.655. The zero-order valence-electron chi connectivity index (χ0n) is 14.5. The fourth-order valence-electron chi connectivity index (χ4n) is 1.74.